The van der Waals surface area contributed by atoms with E-state index < -0.39 is 18.0 Å². The fraction of sp³-hybridized carbons (Fsp3) is 0.125. The van der Waals surface area contributed by atoms with Crippen molar-refractivity contribution in [2.75, 3.05) is 17.2 Å². The van der Waals surface area contributed by atoms with Crippen molar-refractivity contribution in [2.45, 2.75) is 5.92 Å². The number of nitrogens with one attached hydrogen (secondary N) is 2. The van der Waals surface area contributed by atoms with Crippen molar-refractivity contribution in [2.24, 2.45) is 7.05 Å². The molecule has 1 aliphatic carbocycles. The number of fused-ring (bicyclic) bond motifs is 3. The fourth-order valence-corrected chi connectivity index (χ4v) is 4.10. The van der Waals surface area contributed by atoms with E-state index in [-0.39, 0.29) is 35.5 Å². The maximum absolute atomic E-state index is 12.4. The molecule has 0 aliphatic heterocycles. The van der Waals surface area contributed by atoms with Gasteiger partial charge in [0.15, 0.2) is 11.4 Å². The topological polar surface area (TPSA) is 149 Å². The van der Waals surface area contributed by atoms with Crippen LogP contribution in [0.25, 0.3) is 11.1 Å². The molecule has 0 unspecified atom stereocenters. The number of ether oxygens (including phenoxy) is 1. The average molecular weight is 473 g/mol. The molecule has 4 aromatic rings. The summed E-state index contributed by atoms with van der Waals surface area (Å²) < 4.78 is 11.7. The number of aromatic carboxylic acids is 1. The Bertz CT molecular complexity index is 1410. The van der Waals surface area contributed by atoms with Crippen LogP contribution in [-0.2, 0) is 11.8 Å². The molecule has 0 saturated heterocycles. The Hall–Kier alpha value is -4.93. The number of benzene rings is 2. The largest absolute Gasteiger partial charge is 0.476 e. The van der Waals surface area contributed by atoms with Crippen LogP contribution in [0.15, 0.2) is 65.3 Å². The van der Waals surface area contributed by atoms with E-state index in [4.69, 9.17) is 9.26 Å². The number of aryl methyl sites for hydroxylation is 1. The first-order valence-electron chi connectivity index (χ1n) is 10.6. The number of nitrogens with zero attached hydrogens (tertiary/aromatic N) is 3. The number of anilines is 2. The van der Waals surface area contributed by atoms with Crippen LogP contribution in [0.3, 0.4) is 0 Å². The van der Waals surface area contributed by atoms with E-state index in [1.54, 1.807) is 0 Å². The molecule has 11 nitrogen and oxygen atoms in total. The van der Waals surface area contributed by atoms with Gasteiger partial charge in [-0.2, -0.15) is 5.10 Å². The van der Waals surface area contributed by atoms with Gasteiger partial charge < -0.3 is 19.7 Å². The average Bonchev–Trinajstić information content (AvgIpc) is 3.54. The van der Waals surface area contributed by atoms with Crippen molar-refractivity contribution in [3.05, 3.63) is 83.3 Å². The highest BCUT2D eigenvalue weighted by Gasteiger charge is 2.29. The Morgan fingerprint density at radius 2 is 1.71 bits per heavy atom. The summed E-state index contributed by atoms with van der Waals surface area (Å²) in [5, 5.41) is 21.4. The van der Waals surface area contributed by atoms with Gasteiger partial charge in [-0.3, -0.25) is 14.8 Å². The third-order valence-electron chi connectivity index (χ3n) is 5.59. The minimum atomic E-state index is -1.29. The molecule has 176 valence electrons. The van der Waals surface area contributed by atoms with Gasteiger partial charge in [0.25, 0.3) is 5.91 Å². The summed E-state index contributed by atoms with van der Waals surface area (Å²) in [6.45, 7) is 0.111. The first kappa shape index (κ1) is 21.9. The number of hydrogen-bond donors (Lipinski definition) is 3. The predicted octanol–water partition coefficient (Wildman–Crippen LogP) is 3.72. The van der Waals surface area contributed by atoms with E-state index in [9.17, 15) is 19.5 Å². The summed E-state index contributed by atoms with van der Waals surface area (Å²) in [5.41, 5.74) is 3.90. The molecule has 2 amide bonds. The van der Waals surface area contributed by atoms with E-state index in [0.29, 0.717) is 0 Å². The van der Waals surface area contributed by atoms with Gasteiger partial charge in [-0.25, -0.2) is 9.59 Å². The summed E-state index contributed by atoms with van der Waals surface area (Å²) in [6, 6.07) is 17.2. The number of carboxylic acids is 1. The molecular formula is C24H19N5O6. The van der Waals surface area contributed by atoms with Crippen molar-refractivity contribution >= 4 is 29.5 Å². The zero-order valence-electron chi connectivity index (χ0n) is 18.4. The van der Waals surface area contributed by atoms with E-state index in [0.717, 1.165) is 22.3 Å². The summed E-state index contributed by atoms with van der Waals surface area (Å²) >= 11 is 0. The van der Waals surface area contributed by atoms with Crippen LogP contribution in [-0.4, -0.2) is 44.6 Å². The molecule has 0 fully saturated rings. The lowest BCUT2D eigenvalue weighted by Crippen LogP contribution is -2.17. The van der Waals surface area contributed by atoms with Crippen LogP contribution in [0, 0.1) is 0 Å². The zero-order chi connectivity index (χ0) is 24.5. The van der Waals surface area contributed by atoms with Crippen LogP contribution in [0.5, 0.6) is 0 Å². The number of aromatic nitrogens is 3. The van der Waals surface area contributed by atoms with Crippen molar-refractivity contribution in [1.29, 1.82) is 0 Å². The maximum Gasteiger partial charge on any atom is 0.414 e. The molecule has 2 aromatic carbocycles. The van der Waals surface area contributed by atoms with E-state index in [1.165, 1.54) is 24.0 Å². The molecule has 3 N–H and O–H groups in total. The summed E-state index contributed by atoms with van der Waals surface area (Å²) in [7, 11) is 1.52. The molecule has 11 heteroatoms. The molecule has 0 radical (unpaired) electrons. The van der Waals surface area contributed by atoms with Gasteiger partial charge in [-0.05, 0) is 22.3 Å². The third kappa shape index (κ3) is 4.22. The second-order valence-corrected chi connectivity index (χ2v) is 7.85. The second kappa shape index (κ2) is 8.78. The molecule has 35 heavy (non-hydrogen) atoms. The number of amides is 2. The standard InChI is InChI=1S/C24H19N5O6/c1-29-11-19(21(27-29)23(31)32)25-22(30)18-10-20(35-28-18)26-24(33)34-12-17-15-8-4-2-6-13(15)14-7-3-5-9-16(14)17/h2-11,17H,12H2,1H3,(H,25,30)(H,26,33)(H,31,32). The van der Waals surface area contributed by atoms with Crippen LogP contribution < -0.4 is 10.6 Å². The number of hydrogen-bond acceptors (Lipinski definition) is 7. The second-order valence-electron chi connectivity index (χ2n) is 7.85. The van der Waals surface area contributed by atoms with Gasteiger partial charge >= 0.3 is 12.1 Å². The Morgan fingerprint density at radius 1 is 1.06 bits per heavy atom. The number of carbonyl (C=O) groups is 3. The number of carboxylic acid groups (broad SMARTS) is 1. The lowest BCUT2D eigenvalue weighted by atomic mass is 9.98. The van der Waals surface area contributed by atoms with Crippen molar-refractivity contribution < 1.29 is 28.8 Å². The van der Waals surface area contributed by atoms with Gasteiger partial charge in [-0.1, -0.05) is 53.7 Å². The molecule has 0 saturated carbocycles. The maximum atomic E-state index is 12.4. The van der Waals surface area contributed by atoms with Crippen molar-refractivity contribution in [3.63, 3.8) is 0 Å². The van der Waals surface area contributed by atoms with E-state index >= 15 is 0 Å². The van der Waals surface area contributed by atoms with Crippen LogP contribution in [0.1, 0.15) is 38.0 Å². The summed E-state index contributed by atoms with van der Waals surface area (Å²) in [6.07, 6.45) is 0.576. The van der Waals surface area contributed by atoms with Crippen LogP contribution in [0.4, 0.5) is 16.4 Å². The highest BCUT2D eigenvalue weighted by Crippen LogP contribution is 2.44. The van der Waals surface area contributed by atoms with Crippen molar-refractivity contribution in [3.8, 4) is 11.1 Å². The van der Waals surface area contributed by atoms with Gasteiger partial charge in [0.2, 0.25) is 5.88 Å². The lowest BCUT2D eigenvalue weighted by Gasteiger charge is -2.13. The van der Waals surface area contributed by atoms with Crippen molar-refractivity contribution in [1.82, 2.24) is 14.9 Å². The molecule has 1 aliphatic rings. The van der Waals surface area contributed by atoms with E-state index in [2.05, 4.69) is 20.9 Å². The lowest BCUT2D eigenvalue weighted by molar-refractivity contribution is 0.0690. The molecule has 2 heterocycles. The highest BCUT2D eigenvalue weighted by atomic mass is 16.6. The minimum Gasteiger partial charge on any atom is -0.476 e. The monoisotopic (exact) mass is 473 g/mol. The van der Waals surface area contributed by atoms with E-state index in [1.807, 2.05) is 48.5 Å². The van der Waals surface area contributed by atoms with Gasteiger partial charge in [0, 0.05) is 25.2 Å². The minimum absolute atomic E-state index is 0.000884. The first-order chi connectivity index (χ1) is 16.9. The highest BCUT2D eigenvalue weighted by molar-refractivity contribution is 6.06. The Kier molecular flexibility index (Phi) is 5.49. The SMILES string of the molecule is Cn1cc(NC(=O)c2cc(NC(=O)OCC3c4ccccc4-c4ccccc43)on2)c(C(=O)O)n1. The predicted molar refractivity (Wildman–Crippen MR) is 123 cm³/mol. The summed E-state index contributed by atoms with van der Waals surface area (Å²) in [5.74, 6) is -2.23. The Labute approximate surface area is 198 Å². The first-order valence-corrected chi connectivity index (χ1v) is 10.6. The van der Waals surface area contributed by atoms with Gasteiger partial charge in [-0.15, -0.1) is 0 Å². The zero-order valence-corrected chi connectivity index (χ0v) is 18.4. The summed E-state index contributed by atoms with van der Waals surface area (Å²) in [4.78, 5) is 36.1. The van der Waals surface area contributed by atoms with Crippen LogP contribution in [0.2, 0.25) is 0 Å². The van der Waals surface area contributed by atoms with Crippen LogP contribution >= 0.6 is 0 Å². The molecule has 0 atom stereocenters. The number of rotatable bonds is 6. The molecule has 0 spiro atoms. The van der Waals surface area contributed by atoms with Gasteiger partial charge in [0.05, 0.1) is 5.69 Å². The Morgan fingerprint density at radius 3 is 2.37 bits per heavy atom. The molecule has 2 aromatic heterocycles. The smallest absolute Gasteiger partial charge is 0.414 e. The quantitative estimate of drug-likeness (QED) is 0.384. The third-order valence-corrected chi connectivity index (χ3v) is 5.59. The van der Waals surface area contributed by atoms with Gasteiger partial charge in [0.1, 0.15) is 6.61 Å². The molecule has 0 bridgehead atoms. The molecular weight excluding hydrogens is 454 g/mol. The molecule has 5 rings (SSSR count). The normalized spacial score (nSPS) is 12.0. The number of carbonyl (C=O) groups excluding carboxylic acids is 2. The Balaban J connectivity index is 1.22. The fourth-order valence-electron chi connectivity index (χ4n) is 4.10.